The van der Waals surface area contributed by atoms with Crippen molar-refractivity contribution in [2.45, 2.75) is 19.3 Å². The molecule has 1 unspecified atom stereocenters. The summed E-state index contributed by atoms with van der Waals surface area (Å²) in [4.78, 5) is 25.2. The van der Waals surface area contributed by atoms with Crippen molar-refractivity contribution in [2.24, 2.45) is 0 Å². The van der Waals surface area contributed by atoms with E-state index in [9.17, 15) is 9.59 Å². The Kier molecular flexibility index (Phi) is 3.51. The molecule has 21 heavy (non-hydrogen) atoms. The Hall–Kier alpha value is -2.14. The highest BCUT2D eigenvalue weighted by atomic mass is 32.1. The zero-order valence-electron chi connectivity index (χ0n) is 11.9. The summed E-state index contributed by atoms with van der Waals surface area (Å²) in [6, 6.07) is 7.10. The molecule has 0 fully saturated rings. The molecule has 0 radical (unpaired) electrons. The van der Waals surface area contributed by atoms with E-state index >= 15 is 0 Å². The topological polar surface area (TPSA) is 51.1 Å². The number of carbonyl (C=O) groups excluding carboxylic acids is 1. The van der Waals surface area contributed by atoms with E-state index < -0.39 is 0 Å². The van der Waals surface area contributed by atoms with Crippen molar-refractivity contribution >= 4 is 17.4 Å². The minimum absolute atomic E-state index is 0.0551. The van der Waals surface area contributed by atoms with Gasteiger partial charge in [0, 0.05) is 35.4 Å². The van der Waals surface area contributed by atoms with E-state index in [1.165, 1.54) is 11.5 Å². The number of rotatable bonds is 2. The molecular weight excluding hydrogens is 284 g/mol. The van der Waals surface area contributed by atoms with Gasteiger partial charge in [0.15, 0.2) is 0 Å². The van der Waals surface area contributed by atoms with Gasteiger partial charge in [0.05, 0.1) is 5.69 Å². The SMILES string of the molecule is CNC(=O)c1ccc(-n2sc3c(c2=O)C(C)C=CC3)cc1. The largest absolute Gasteiger partial charge is 0.355 e. The van der Waals surface area contributed by atoms with E-state index in [-0.39, 0.29) is 17.4 Å². The first-order valence-electron chi connectivity index (χ1n) is 6.86. The van der Waals surface area contributed by atoms with Gasteiger partial charge in [-0.25, -0.2) is 3.96 Å². The van der Waals surface area contributed by atoms with Crippen molar-refractivity contribution in [3.05, 3.63) is 62.8 Å². The molecule has 0 aliphatic heterocycles. The van der Waals surface area contributed by atoms with E-state index in [2.05, 4.69) is 17.5 Å². The van der Waals surface area contributed by atoms with Crippen LogP contribution >= 0.6 is 11.5 Å². The molecule has 2 aromatic rings. The fourth-order valence-electron chi connectivity index (χ4n) is 2.56. The molecule has 1 amide bonds. The molecule has 1 aromatic carbocycles. The predicted octanol–water partition coefficient (Wildman–Crippen LogP) is 2.47. The molecule has 1 atom stereocenters. The number of allylic oxidation sites excluding steroid dienone is 2. The van der Waals surface area contributed by atoms with Crippen LogP contribution in [0.2, 0.25) is 0 Å². The van der Waals surface area contributed by atoms with Crippen molar-refractivity contribution in [1.82, 2.24) is 9.27 Å². The Morgan fingerprint density at radius 3 is 2.67 bits per heavy atom. The van der Waals surface area contributed by atoms with E-state index in [1.807, 2.05) is 19.1 Å². The molecule has 0 saturated heterocycles. The van der Waals surface area contributed by atoms with Crippen LogP contribution < -0.4 is 10.9 Å². The smallest absolute Gasteiger partial charge is 0.269 e. The second-order valence-electron chi connectivity index (χ2n) is 5.07. The summed E-state index contributed by atoms with van der Waals surface area (Å²) in [6.45, 7) is 2.04. The normalized spacial score (nSPS) is 16.6. The summed E-state index contributed by atoms with van der Waals surface area (Å²) >= 11 is 1.49. The second-order valence-corrected chi connectivity index (χ2v) is 6.12. The third-order valence-electron chi connectivity index (χ3n) is 3.69. The summed E-state index contributed by atoms with van der Waals surface area (Å²) in [7, 11) is 1.60. The first kappa shape index (κ1) is 13.8. The molecule has 1 N–H and O–H groups in total. The fourth-order valence-corrected chi connectivity index (χ4v) is 3.73. The maximum absolute atomic E-state index is 12.6. The number of aromatic nitrogens is 1. The number of amides is 1. The summed E-state index contributed by atoms with van der Waals surface area (Å²) < 4.78 is 1.71. The first-order valence-corrected chi connectivity index (χ1v) is 7.63. The number of nitrogens with zero attached hydrogens (tertiary/aromatic N) is 1. The van der Waals surface area contributed by atoms with Crippen LogP contribution in [0.25, 0.3) is 5.69 Å². The molecule has 108 valence electrons. The van der Waals surface area contributed by atoms with Crippen LogP contribution in [0.3, 0.4) is 0 Å². The van der Waals surface area contributed by atoms with Crippen LogP contribution in [0.5, 0.6) is 0 Å². The minimum Gasteiger partial charge on any atom is -0.355 e. The molecule has 0 bridgehead atoms. The molecule has 1 aromatic heterocycles. The summed E-state index contributed by atoms with van der Waals surface area (Å²) in [5.41, 5.74) is 2.35. The van der Waals surface area contributed by atoms with Crippen molar-refractivity contribution in [3.63, 3.8) is 0 Å². The molecule has 1 heterocycles. The lowest BCUT2D eigenvalue weighted by Gasteiger charge is -2.09. The van der Waals surface area contributed by atoms with Gasteiger partial charge in [-0.3, -0.25) is 9.59 Å². The number of hydrogen-bond acceptors (Lipinski definition) is 3. The number of benzene rings is 1. The fraction of sp³-hybridized carbons (Fsp3) is 0.250. The van der Waals surface area contributed by atoms with Crippen molar-refractivity contribution in [1.29, 1.82) is 0 Å². The average Bonchev–Trinajstić information content (AvgIpc) is 2.85. The lowest BCUT2D eigenvalue weighted by molar-refractivity contribution is 0.0963. The van der Waals surface area contributed by atoms with Crippen molar-refractivity contribution in [3.8, 4) is 5.69 Å². The molecule has 1 aliphatic carbocycles. The second kappa shape index (κ2) is 5.33. The van der Waals surface area contributed by atoms with Gasteiger partial charge in [-0.1, -0.05) is 30.6 Å². The molecule has 5 heteroatoms. The van der Waals surface area contributed by atoms with Crippen LogP contribution in [0, 0.1) is 0 Å². The summed E-state index contributed by atoms with van der Waals surface area (Å²) in [5, 5.41) is 2.58. The van der Waals surface area contributed by atoms with Gasteiger partial charge in [-0.15, -0.1) is 0 Å². The average molecular weight is 300 g/mol. The number of fused-ring (bicyclic) bond motifs is 1. The third kappa shape index (κ3) is 2.34. The highest BCUT2D eigenvalue weighted by molar-refractivity contribution is 7.07. The molecule has 0 saturated carbocycles. The zero-order valence-corrected chi connectivity index (χ0v) is 12.7. The molecular formula is C16H16N2O2S. The zero-order chi connectivity index (χ0) is 15.0. The summed E-state index contributed by atoms with van der Waals surface area (Å²) in [5.74, 6) is 0.0427. The highest BCUT2D eigenvalue weighted by Crippen LogP contribution is 2.28. The maximum Gasteiger partial charge on any atom is 0.269 e. The van der Waals surface area contributed by atoms with Gasteiger partial charge in [0.2, 0.25) is 0 Å². The van der Waals surface area contributed by atoms with E-state index in [1.54, 1.807) is 23.1 Å². The Bertz CT molecular complexity index is 769. The van der Waals surface area contributed by atoms with Crippen LogP contribution in [0.15, 0.2) is 41.2 Å². The lowest BCUT2D eigenvalue weighted by atomic mass is 9.96. The number of nitrogens with one attached hydrogen (secondary N) is 1. The van der Waals surface area contributed by atoms with Gasteiger partial charge in [-0.05, 0) is 24.3 Å². The minimum atomic E-state index is -0.128. The molecule has 3 rings (SSSR count). The van der Waals surface area contributed by atoms with Crippen LogP contribution in [0.1, 0.15) is 33.6 Å². The van der Waals surface area contributed by atoms with Crippen molar-refractivity contribution < 1.29 is 4.79 Å². The maximum atomic E-state index is 12.6. The predicted molar refractivity (Wildman–Crippen MR) is 84.6 cm³/mol. The molecule has 0 spiro atoms. The highest BCUT2D eigenvalue weighted by Gasteiger charge is 2.21. The Morgan fingerprint density at radius 2 is 2.05 bits per heavy atom. The molecule has 4 nitrogen and oxygen atoms in total. The Labute approximate surface area is 126 Å². The standard InChI is InChI=1S/C16H16N2O2S/c1-10-4-3-5-13-14(10)16(20)18(21-13)12-8-6-11(7-9-12)15(19)17-2/h3-4,6-10H,5H2,1-2H3,(H,17,19). The quantitative estimate of drug-likeness (QED) is 0.866. The van der Waals surface area contributed by atoms with Crippen LogP contribution in [0.4, 0.5) is 0 Å². The van der Waals surface area contributed by atoms with Crippen molar-refractivity contribution in [2.75, 3.05) is 7.05 Å². The van der Waals surface area contributed by atoms with Gasteiger partial charge in [0.1, 0.15) is 0 Å². The van der Waals surface area contributed by atoms with Gasteiger partial charge in [-0.2, -0.15) is 0 Å². The first-order chi connectivity index (χ1) is 10.1. The van der Waals surface area contributed by atoms with Gasteiger partial charge < -0.3 is 5.32 Å². The van der Waals surface area contributed by atoms with E-state index in [0.29, 0.717) is 5.56 Å². The summed E-state index contributed by atoms with van der Waals surface area (Å²) in [6.07, 6.45) is 5.01. The van der Waals surface area contributed by atoms with Crippen LogP contribution in [-0.4, -0.2) is 16.9 Å². The third-order valence-corrected chi connectivity index (χ3v) is 4.86. The van der Waals surface area contributed by atoms with Gasteiger partial charge >= 0.3 is 0 Å². The molecule has 1 aliphatic rings. The Balaban J connectivity index is 2.02. The lowest BCUT2D eigenvalue weighted by Crippen LogP contribution is -2.19. The van der Waals surface area contributed by atoms with Gasteiger partial charge in [0.25, 0.3) is 11.5 Å². The van der Waals surface area contributed by atoms with E-state index in [4.69, 9.17) is 0 Å². The van der Waals surface area contributed by atoms with Crippen LogP contribution in [-0.2, 0) is 6.42 Å². The number of hydrogen-bond donors (Lipinski definition) is 1. The monoisotopic (exact) mass is 300 g/mol. The number of carbonyl (C=O) groups is 1. The van der Waals surface area contributed by atoms with E-state index in [0.717, 1.165) is 22.5 Å². The Morgan fingerprint density at radius 1 is 1.33 bits per heavy atom.